The van der Waals surface area contributed by atoms with Crippen molar-refractivity contribution in [1.29, 1.82) is 0 Å². The third-order valence-corrected chi connectivity index (χ3v) is 9.10. The summed E-state index contributed by atoms with van der Waals surface area (Å²) in [6.45, 7) is 4.14. The summed E-state index contributed by atoms with van der Waals surface area (Å²) in [4.78, 5) is 15.7. The van der Waals surface area contributed by atoms with Gasteiger partial charge in [-0.2, -0.15) is 4.31 Å². The van der Waals surface area contributed by atoms with E-state index >= 15 is 0 Å². The molecule has 8 nitrogen and oxygen atoms in total. The molecule has 0 saturated carbocycles. The van der Waals surface area contributed by atoms with Crippen molar-refractivity contribution in [3.05, 3.63) is 83.9 Å². The molecule has 208 valence electrons. The lowest BCUT2D eigenvalue weighted by molar-refractivity contribution is -0.0146. The molecule has 0 bridgehead atoms. The van der Waals surface area contributed by atoms with Crippen LogP contribution in [0.2, 0.25) is 0 Å². The van der Waals surface area contributed by atoms with Crippen molar-refractivity contribution in [1.82, 2.24) is 9.21 Å². The molecule has 1 aliphatic heterocycles. The molecule has 1 aliphatic rings. The number of hydrogen-bond donors (Lipinski definition) is 1. The van der Waals surface area contributed by atoms with Crippen LogP contribution in [-0.2, 0) is 21.4 Å². The van der Waals surface area contributed by atoms with Crippen LogP contribution in [0.5, 0.6) is 5.75 Å². The van der Waals surface area contributed by atoms with E-state index in [1.54, 1.807) is 30.0 Å². The zero-order chi connectivity index (χ0) is 28.2. The minimum absolute atomic E-state index is 0.0748. The number of aliphatic hydroxyl groups is 1. The Balaban J connectivity index is 1.72. The van der Waals surface area contributed by atoms with Gasteiger partial charge in [-0.25, -0.2) is 8.42 Å². The van der Waals surface area contributed by atoms with E-state index in [-0.39, 0.29) is 43.0 Å². The second kappa shape index (κ2) is 12.3. The predicted octanol–water partition coefficient (Wildman–Crippen LogP) is 4.04. The summed E-state index contributed by atoms with van der Waals surface area (Å²) in [5.41, 5.74) is 3.12. The molecule has 1 N–H and O–H groups in total. The van der Waals surface area contributed by atoms with Crippen LogP contribution in [0.15, 0.2) is 77.7 Å². The van der Waals surface area contributed by atoms with E-state index in [2.05, 4.69) is 0 Å². The molecular formula is C30H36N2O6S. The van der Waals surface area contributed by atoms with Crippen molar-refractivity contribution in [3.8, 4) is 16.9 Å². The number of likely N-dealkylation sites (N-methyl/N-ethyl adjacent to an activating group) is 1. The number of amides is 1. The molecule has 4 rings (SSSR count). The van der Waals surface area contributed by atoms with Crippen LogP contribution in [0.3, 0.4) is 0 Å². The van der Waals surface area contributed by atoms with Crippen molar-refractivity contribution in [2.75, 3.05) is 33.9 Å². The van der Waals surface area contributed by atoms with Crippen LogP contribution < -0.4 is 4.74 Å². The van der Waals surface area contributed by atoms with Crippen molar-refractivity contribution in [2.24, 2.45) is 5.92 Å². The number of carbonyl (C=O) groups is 1. The molecule has 0 spiro atoms. The number of sulfonamides is 1. The molecule has 3 atom stereocenters. The standard InChI is InChI=1S/C30H36N2O6S/c1-21-17-32(22(2)19-33)30(34)28-15-8-7-14-27(28)26-13-6-5-10-23(26)20-38-29(21)18-31(3)39(35,36)25-12-9-11-24(16-25)37-4/h5-16,21-22,29,33H,17-20H2,1-4H3/t21-,22-,29-/m1/s1. The summed E-state index contributed by atoms with van der Waals surface area (Å²) in [5, 5.41) is 10.0. The van der Waals surface area contributed by atoms with Gasteiger partial charge in [0.25, 0.3) is 5.91 Å². The summed E-state index contributed by atoms with van der Waals surface area (Å²) in [6.07, 6.45) is -0.536. The summed E-state index contributed by atoms with van der Waals surface area (Å²) >= 11 is 0. The van der Waals surface area contributed by atoms with Gasteiger partial charge in [0.2, 0.25) is 10.0 Å². The summed E-state index contributed by atoms with van der Waals surface area (Å²) in [6, 6.07) is 21.1. The third kappa shape index (κ3) is 6.17. The maximum absolute atomic E-state index is 13.9. The fraction of sp³-hybridized carbons (Fsp3) is 0.367. The van der Waals surface area contributed by atoms with Crippen LogP contribution in [0.4, 0.5) is 0 Å². The number of rotatable bonds is 7. The van der Waals surface area contributed by atoms with Gasteiger partial charge in [-0.15, -0.1) is 0 Å². The maximum atomic E-state index is 13.9. The largest absolute Gasteiger partial charge is 0.497 e. The normalized spacial score (nSPS) is 19.1. The van der Waals surface area contributed by atoms with Gasteiger partial charge in [-0.3, -0.25) is 4.79 Å². The van der Waals surface area contributed by atoms with Crippen molar-refractivity contribution >= 4 is 15.9 Å². The highest BCUT2D eigenvalue weighted by molar-refractivity contribution is 7.89. The molecule has 1 amide bonds. The average molecular weight is 553 g/mol. The minimum atomic E-state index is -3.84. The Labute approximate surface area is 230 Å². The number of carbonyl (C=O) groups excluding carboxylic acids is 1. The highest BCUT2D eigenvalue weighted by Gasteiger charge is 2.32. The summed E-state index contributed by atoms with van der Waals surface area (Å²) < 4.78 is 39.8. The van der Waals surface area contributed by atoms with Crippen LogP contribution in [0.1, 0.15) is 29.8 Å². The Bertz CT molecular complexity index is 1410. The Hall–Kier alpha value is -3.24. The van der Waals surface area contributed by atoms with E-state index in [4.69, 9.17) is 9.47 Å². The second-order valence-electron chi connectivity index (χ2n) is 9.98. The number of hydrogen-bond acceptors (Lipinski definition) is 6. The Morgan fingerprint density at radius 1 is 1.05 bits per heavy atom. The first kappa shape index (κ1) is 28.8. The van der Waals surface area contributed by atoms with Crippen LogP contribution in [-0.4, -0.2) is 74.6 Å². The van der Waals surface area contributed by atoms with Gasteiger partial charge in [-0.1, -0.05) is 55.5 Å². The van der Waals surface area contributed by atoms with E-state index < -0.39 is 22.2 Å². The number of nitrogens with zero attached hydrogens (tertiary/aromatic N) is 2. The van der Waals surface area contributed by atoms with Crippen LogP contribution in [0.25, 0.3) is 11.1 Å². The molecule has 3 aromatic carbocycles. The molecule has 0 aromatic heterocycles. The maximum Gasteiger partial charge on any atom is 0.254 e. The predicted molar refractivity (Wildman–Crippen MR) is 150 cm³/mol. The third-order valence-electron chi connectivity index (χ3n) is 7.28. The zero-order valence-corrected chi connectivity index (χ0v) is 23.6. The smallest absolute Gasteiger partial charge is 0.254 e. The van der Waals surface area contributed by atoms with E-state index in [0.29, 0.717) is 11.3 Å². The van der Waals surface area contributed by atoms with E-state index in [1.807, 2.05) is 49.4 Å². The highest BCUT2D eigenvalue weighted by Crippen LogP contribution is 2.31. The number of ether oxygens (including phenoxy) is 2. The molecule has 1 heterocycles. The molecule has 3 aromatic rings. The van der Waals surface area contributed by atoms with Crippen molar-refractivity contribution in [2.45, 2.75) is 37.5 Å². The summed E-state index contributed by atoms with van der Waals surface area (Å²) in [7, 11) is -0.819. The molecule has 0 fully saturated rings. The van der Waals surface area contributed by atoms with Crippen LogP contribution in [0, 0.1) is 5.92 Å². The Morgan fingerprint density at radius 2 is 1.72 bits per heavy atom. The van der Waals surface area contributed by atoms with Gasteiger partial charge in [0, 0.05) is 37.7 Å². The SMILES string of the molecule is COc1cccc(S(=O)(=O)N(C)C[C@H]2OCc3ccccc3-c3ccccc3C(=O)N([C@H](C)CO)C[C@H]2C)c1. The number of benzene rings is 3. The first-order chi connectivity index (χ1) is 18.7. The van der Waals surface area contributed by atoms with Gasteiger partial charge in [0.15, 0.2) is 0 Å². The quantitative estimate of drug-likeness (QED) is 0.475. The lowest BCUT2D eigenvalue weighted by Gasteiger charge is -2.35. The van der Waals surface area contributed by atoms with Gasteiger partial charge < -0.3 is 19.5 Å². The monoisotopic (exact) mass is 552 g/mol. The van der Waals surface area contributed by atoms with E-state index in [1.165, 1.54) is 30.6 Å². The molecule has 0 aliphatic carbocycles. The Morgan fingerprint density at radius 3 is 2.41 bits per heavy atom. The molecule has 0 unspecified atom stereocenters. The lowest BCUT2D eigenvalue weighted by atomic mass is 9.94. The zero-order valence-electron chi connectivity index (χ0n) is 22.8. The second-order valence-corrected chi connectivity index (χ2v) is 12.0. The van der Waals surface area contributed by atoms with Gasteiger partial charge in [-0.05, 0) is 41.8 Å². The number of aliphatic hydroxyl groups excluding tert-OH is 1. The fourth-order valence-corrected chi connectivity index (χ4v) is 6.06. The molecular weight excluding hydrogens is 516 g/mol. The first-order valence-corrected chi connectivity index (χ1v) is 14.4. The van der Waals surface area contributed by atoms with Gasteiger partial charge in [0.05, 0.1) is 37.4 Å². The lowest BCUT2D eigenvalue weighted by Crippen LogP contribution is -2.47. The van der Waals surface area contributed by atoms with Crippen molar-refractivity contribution < 1.29 is 27.8 Å². The molecule has 39 heavy (non-hydrogen) atoms. The van der Waals surface area contributed by atoms with E-state index in [0.717, 1.165) is 16.7 Å². The molecule has 0 radical (unpaired) electrons. The minimum Gasteiger partial charge on any atom is -0.497 e. The number of fused-ring (bicyclic) bond motifs is 3. The van der Waals surface area contributed by atoms with E-state index in [9.17, 15) is 18.3 Å². The molecule has 0 saturated heterocycles. The first-order valence-electron chi connectivity index (χ1n) is 13.0. The average Bonchev–Trinajstić information content (AvgIpc) is 2.98. The van der Waals surface area contributed by atoms with Crippen molar-refractivity contribution in [3.63, 3.8) is 0 Å². The van der Waals surface area contributed by atoms with Gasteiger partial charge >= 0.3 is 0 Å². The topological polar surface area (TPSA) is 96.4 Å². The van der Waals surface area contributed by atoms with Crippen LogP contribution >= 0.6 is 0 Å². The van der Waals surface area contributed by atoms with Gasteiger partial charge in [0.1, 0.15) is 5.75 Å². The Kier molecular flexibility index (Phi) is 9.07. The molecule has 9 heteroatoms. The highest BCUT2D eigenvalue weighted by atomic mass is 32.2. The number of methoxy groups -OCH3 is 1. The fourth-order valence-electron chi connectivity index (χ4n) is 4.84. The summed E-state index contributed by atoms with van der Waals surface area (Å²) in [5.74, 6) is 0.0162.